The lowest BCUT2D eigenvalue weighted by molar-refractivity contribution is -0.384. The molecule has 0 aromatic heterocycles. The standard InChI is InChI=1S/C46H80N4O14/c1-14-20-48-25-46(55)31(8)60-36(23-44(46,10)58-13)63-37-28(5)40(64-42-38(34(47-12)21-27(4)59-42)61-33-18-16-32(17-19-33)50(56)57)43(9,53)22-26(3)24-49-30(7)39(51)45(11,54)35(15-2)62-41(52)29(37)6/h16-19,26-31,34-40,42,47-49,51,53-55H,14-15,20-25H2,1-13H3/t26-,27-,28+,29-,30-,31+,34+,35-,36+,37+,38-,39-,40-,42+,43-,44-,45-,46+/m1/s1. The number of hydrogen-bond donors (Lipinski definition) is 7. The first-order valence-electron chi connectivity index (χ1n) is 23.1. The lowest BCUT2D eigenvalue weighted by Crippen LogP contribution is -2.70. The number of nitro benzene ring substituents is 1. The number of rotatable bonds is 14. The number of nitrogens with zero attached hydrogens (tertiary/aromatic N) is 1. The number of non-ortho nitro benzene ring substituents is 1. The Morgan fingerprint density at radius 3 is 2.20 bits per heavy atom. The van der Waals surface area contributed by atoms with Crippen molar-refractivity contribution in [1.82, 2.24) is 16.0 Å². The second kappa shape index (κ2) is 22.5. The molecule has 18 nitrogen and oxygen atoms in total. The molecule has 18 atom stereocenters. The van der Waals surface area contributed by atoms with Gasteiger partial charge in [-0.1, -0.05) is 27.7 Å². The molecule has 0 spiro atoms. The van der Waals surface area contributed by atoms with Crippen LogP contribution in [0.5, 0.6) is 5.75 Å². The average Bonchev–Trinajstić information content (AvgIpc) is 3.24. The topological polar surface area (TPSA) is 242 Å². The number of nitro groups is 1. The molecular weight excluding hydrogens is 833 g/mol. The minimum atomic E-state index is -1.85. The van der Waals surface area contributed by atoms with Crippen LogP contribution in [-0.2, 0) is 33.2 Å². The number of hydrogen-bond acceptors (Lipinski definition) is 17. The van der Waals surface area contributed by atoms with E-state index in [1.165, 1.54) is 38.3 Å². The third-order valence-corrected chi connectivity index (χ3v) is 14.0. The van der Waals surface area contributed by atoms with E-state index in [1.807, 2.05) is 27.7 Å². The molecule has 3 saturated heterocycles. The summed E-state index contributed by atoms with van der Waals surface area (Å²) in [5.74, 6) is -2.52. The molecule has 0 saturated carbocycles. The van der Waals surface area contributed by atoms with Gasteiger partial charge in [0, 0.05) is 44.2 Å². The van der Waals surface area contributed by atoms with Gasteiger partial charge in [-0.05, 0) is 112 Å². The van der Waals surface area contributed by atoms with Gasteiger partial charge in [-0.15, -0.1) is 0 Å². The Hall–Kier alpha value is -2.59. The molecule has 18 heteroatoms. The van der Waals surface area contributed by atoms with Crippen molar-refractivity contribution in [3.63, 3.8) is 0 Å². The predicted molar refractivity (Wildman–Crippen MR) is 239 cm³/mol. The Labute approximate surface area is 379 Å². The van der Waals surface area contributed by atoms with Gasteiger partial charge in [0.2, 0.25) is 0 Å². The third-order valence-electron chi connectivity index (χ3n) is 14.0. The van der Waals surface area contributed by atoms with E-state index in [0.717, 1.165) is 6.42 Å². The Morgan fingerprint density at radius 1 is 0.969 bits per heavy atom. The lowest BCUT2D eigenvalue weighted by atomic mass is 9.75. The number of carbonyl (C=O) groups excluding carboxylic acids is 1. The maximum Gasteiger partial charge on any atom is 0.311 e. The normalized spacial score (nSPS) is 43.1. The van der Waals surface area contributed by atoms with Crippen LogP contribution in [0.15, 0.2) is 24.3 Å². The van der Waals surface area contributed by atoms with Crippen molar-refractivity contribution in [3.05, 3.63) is 34.4 Å². The average molecular weight is 913 g/mol. The molecule has 0 radical (unpaired) electrons. The Bertz CT molecular complexity index is 1640. The lowest BCUT2D eigenvalue weighted by Gasteiger charge is -2.53. The maximum absolute atomic E-state index is 14.5. The van der Waals surface area contributed by atoms with Crippen LogP contribution >= 0.6 is 0 Å². The first-order chi connectivity index (χ1) is 29.9. The van der Waals surface area contributed by atoms with Crippen LogP contribution in [0, 0.1) is 27.9 Å². The number of carbonyl (C=O) groups is 1. The molecule has 1 aromatic rings. The number of esters is 1. The van der Waals surface area contributed by atoms with Crippen molar-refractivity contribution in [3.8, 4) is 5.75 Å². The molecule has 3 aliphatic rings. The van der Waals surface area contributed by atoms with Crippen molar-refractivity contribution in [1.29, 1.82) is 0 Å². The number of methoxy groups -OCH3 is 1. The van der Waals surface area contributed by atoms with Gasteiger partial charge in [0.25, 0.3) is 5.69 Å². The van der Waals surface area contributed by atoms with Crippen molar-refractivity contribution >= 4 is 11.7 Å². The van der Waals surface area contributed by atoms with Crippen molar-refractivity contribution in [2.24, 2.45) is 17.8 Å². The third kappa shape index (κ3) is 12.3. The van der Waals surface area contributed by atoms with Gasteiger partial charge in [-0.25, -0.2) is 0 Å². The first kappa shape index (κ1) is 54.0. The van der Waals surface area contributed by atoms with E-state index in [2.05, 4.69) is 16.0 Å². The van der Waals surface area contributed by atoms with Crippen LogP contribution in [0.3, 0.4) is 0 Å². The molecule has 3 fully saturated rings. The zero-order valence-corrected chi connectivity index (χ0v) is 40.4. The van der Waals surface area contributed by atoms with E-state index < -0.39 is 100 Å². The van der Waals surface area contributed by atoms with Gasteiger partial charge < -0.3 is 69.5 Å². The molecule has 4 rings (SSSR count). The molecule has 0 unspecified atom stereocenters. The van der Waals surface area contributed by atoms with E-state index in [-0.39, 0.29) is 49.6 Å². The van der Waals surface area contributed by atoms with Gasteiger partial charge in [0.1, 0.15) is 34.8 Å². The maximum atomic E-state index is 14.5. The van der Waals surface area contributed by atoms with Crippen LogP contribution in [0.2, 0.25) is 0 Å². The number of nitrogens with one attached hydrogen (secondary N) is 3. The van der Waals surface area contributed by atoms with E-state index in [1.54, 1.807) is 48.6 Å². The second-order valence-corrected chi connectivity index (χ2v) is 19.4. The summed E-state index contributed by atoms with van der Waals surface area (Å²) < 4.78 is 45.6. The van der Waals surface area contributed by atoms with E-state index >= 15 is 0 Å². The van der Waals surface area contributed by atoms with Gasteiger partial charge in [-0.2, -0.15) is 0 Å². The monoisotopic (exact) mass is 913 g/mol. The van der Waals surface area contributed by atoms with Crippen molar-refractivity contribution in [2.75, 3.05) is 33.8 Å². The number of likely N-dealkylation sites (N-methyl/N-ethyl adjacent to an activating group) is 1. The van der Waals surface area contributed by atoms with Crippen LogP contribution in [0.1, 0.15) is 108 Å². The van der Waals surface area contributed by atoms with E-state index in [0.29, 0.717) is 25.3 Å². The summed E-state index contributed by atoms with van der Waals surface area (Å²) in [6, 6.07) is 4.76. The predicted octanol–water partition coefficient (Wildman–Crippen LogP) is 3.58. The molecule has 1 aromatic carbocycles. The number of cyclic esters (lactones) is 1. The SMILES string of the molecule is CCCNC[C@]1(O)[C@H](C)O[C@@H](O[C@H]2[C@H](C)[C@@H](O[C@@H]3O[C@H](C)C[C@H](NC)[C@H]3Oc3ccc([N+](=O)[O-])cc3)[C@](C)(O)C[C@@H](C)CN[C@H](C)[C@@H](O)[C@](C)(O)[C@@H](CC)OC(=O)[C@@H]2C)C[C@@]1(C)OC. The molecule has 3 heterocycles. The van der Waals surface area contributed by atoms with E-state index in [9.17, 15) is 35.3 Å². The highest BCUT2D eigenvalue weighted by atomic mass is 16.7. The zero-order valence-electron chi connectivity index (χ0n) is 40.4. The summed E-state index contributed by atoms with van der Waals surface area (Å²) in [6.07, 6.45) is -6.99. The Balaban J connectivity index is 1.85. The van der Waals surface area contributed by atoms with Gasteiger partial charge >= 0.3 is 5.97 Å². The van der Waals surface area contributed by atoms with Crippen LogP contribution < -0.4 is 20.7 Å². The molecule has 3 aliphatic heterocycles. The molecule has 7 N–H and O–H groups in total. The van der Waals surface area contributed by atoms with Gasteiger partial charge in [0.15, 0.2) is 18.7 Å². The summed E-state index contributed by atoms with van der Waals surface area (Å²) in [5, 5.41) is 69.6. The fraction of sp³-hybridized carbons (Fsp3) is 0.848. The molecule has 0 amide bonds. The largest absolute Gasteiger partial charge is 0.483 e. The molecule has 64 heavy (non-hydrogen) atoms. The minimum Gasteiger partial charge on any atom is -0.483 e. The van der Waals surface area contributed by atoms with Crippen molar-refractivity contribution in [2.45, 2.75) is 198 Å². The Kier molecular flexibility index (Phi) is 19.0. The summed E-state index contributed by atoms with van der Waals surface area (Å²) in [7, 11) is 3.31. The van der Waals surface area contributed by atoms with Crippen LogP contribution in [0.25, 0.3) is 0 Å². The Morgan fingerprint density at radius 2 is 1.62 bits per heavy atom. The summed E-state index contributed by atoms with van der Waals surface area (Å²) in [5.41, 5.74) is -6.24. The van der Waals surface area contributed by atoms with Crippen LogP contribution in [0.4, 0.5) is 5.69 Å². The molecule has 0 bridgehead atoms. The highest BCUT2D eigenvalue weighted by Crippen LogP contribution is 2.43. The number of aliphatic hydroxyl groups is 4. The number of ether oxygens (including phenoxy) is 7. The van der Waals surface area contributed by atoms with Crippen LogP contribution in [-0.4, -0.2) is 155 Å². The summed E-state index contributed by atoms with van der Waals surface area (Å²) in [6.45, 7) is 20.7. The fourth-order valence-corrected chi connectivity index (χ4v) is 9.93. The first-order valence-corrected chi connectivity index (χ1v) is 23.1. The number of aliphatic hydroxyl groups excluding tert-OH is 1. The molecule has 368 valence electrons. The highest BCUT2D eigenvalue weighted by Gasteiger charge is 2.58. The smallest absolute Gasteiger partial charge is 0.311 e. The van der Waals surface area contributed by atoms with Crippen molar-refractivity contribution < 1.29 is 63.3 Å². The second-order valence-electron chi connectivity index (χ2n) is 19.4. The van der Waals surface area contributed by atoms with Gasteiger partial charge in [-0.3, -0.25) is 14.9 Å². The molecular formula is C46H80N4O14. The zero-order chi connectivity index (χ0) is 47.9. The summed E-state index contributed by atoms with van der Waals surface area (Å²) in [4.78, 5) is 25.5. The fourth-order valence-electron chi connectivity index (χ4n) is 9.93. The minimum absolute atomic E-state index is 0.0579. The summed E-state index contributed by atoms with van der Waals surface area (Å²) >= 11 is 0. The van der Waals surface area contributed by atoms with Gasteiger partial charge in [0.05, 0.1) is 46.9 Å². The molecule has 0 aliphatic carbocycles. The van der Waals surface area contributed by atoms with E-state index in [4.69, 9.17) is 33.2 Å². The quantitative estimate of drug-likeness (QED) is 0.0611. The highest BCUT2D eigenvalue weighted by molar-refractivity contribution is 5.73. The number of benzene rings is 1.